The Morgan fingerprint density at radius 1 is 1.10 bits per heavy atom. The normalized spacial score (nSPS) is 44.8. The van der Waals surface area contributed by atoms with E-state index in [9.17, 15) is 15.3 Å². The Morgan fingerprint density at radius 2 is 1.90 bits per heavy atom. The maximum Gasteiger partial charge on any atom is 0.115 e. The van der Waals surface area contributed by atoms with E-state index in [2.05, 4.69) is 6.92 Å². The van der Waals surface area contributed by atoms with E-state index in [1.807, 2.05) is 6.07 Å². The average molecular weight is 288 g/mol. The van der Waals surface area contributed by atoms with Crippen LogP contribution in [-0.4, -0.2) is 21.4 Å². The monoisotopic (exact) mass is 288 g/mol. The van der Waals surface area contributed by atoms with Gasteiger partial charge in [0.15, 0.2) is 0 Å². The molecule has 0 radical (unpaired) electrons. The Morgan fingerprint density at radius 3 is 2.71 bits per heavy atom. The van der Waals surface area contributed by atoms with Crippen LogP contribution in [0.25, 0.3) is 0 Å². The molecular formula is C18H24O3. The van der Waals surface area contributed by atoms with Gasteiger partial charge in [0.25, 0.3) is 0 Å². The van der Waals surface area contributed by atoms with Gasteiger partial charge in [-0.3, -0.25) is 0 Å². The maximum atomic E-state index is 10.5. The van der Waals surface area contributed by atoms with Crippen molar-refractivity contribution in [1.82, 2.24) is 0 Å². The molecule has 3 aliphatic carbocycles. The summed E-state index contributed by atoms with van der Waals surface area (Å²) in [5, 5.41) is 30.6. The zero-order valence-corrected chi connectivity index (χ0v) is 12.5. The summed E-state index contributed by atoms with van der Waals surface area (Å²) in [7, 11) is 0. The summed E-state index contributed by atoms with van der Waals surface area (Å²) in [6.07, 6.45) is 4.25. The molecule has 2 saturated carbocycles. The van der Waals surface area contributed by atoms with Crippen LogP contribution in [0.15, 0.2) is 18.2 Å². The Labute approximate surface area is 125 Å². The van der Waals surface area contributed by atoms with Gasteiger partial charge in [-0.05, 0) is 78.5 Å². The third kappa shape index (κ3) is 1.80. The van der Waals surface area contributed by atoms with Gasteiger partial charge in [0.05, 0.1) is 12.2 Å². The second-order valence-corrected chi connectivity index (χ2v) is 7.58. The summed E-state index contributed by atoms with van der Waals surface area (Å²) in [4.78, 5) is 0. The molecule has 21 heavy (non-hydrogen) atoms. The summed E-state index contributed by atoms with van der Waals surface area (Å²) >= 11 is 0. The zero-order chi connectivity index (χ0) is 14.8. The molecule has 1 aromatic rings. The minimum absolute atomic E-state index is 0.0370. The van der Waals surface area contributed by atoms with E-state index < -0.39 is 6.10 Å². The number of phenolic OH excluding ortho intramolecular Hbond substituents is 1. The van der Waals surface area contributed by atoms with Crippen molar-refractivity contribution in [2.75, 3.05) is 0 Å². The minimum Gasteiger partial charge on any atom is -0.508 e. The van der Waals surface area contributed by atoms with Crippen LogP contribution in [0.3, 0.4) is 0 Å². The molecule has 0 bridgehead atoms. The molecule has 4 rings (SSSR count). The van der Waals surface area contributed by atoms with Crippen molar-refractivity contribution in [1.29, 1.82) is 0 Å². The van der Waals surface area contributed by atoms with Crippen LogP contribution < -0.4 is 0 Å². The number of aromatic hydroxyl groups is 1. The van der Waals surface area contributed by atoms with Crippen molar-refractivity contribution in [3.63, 3.8) is 0 Å². The van der Waals surface area contributed by atoms with Crippen molar-refractivity contribution >= 4 is 0 Å². The molecule has 1 aromatic carbocycles. The number of rotatable bonds is 0. The topological polar surface area (TPSA) is 60.7 Å². The minimum atomic E-state index is -0.478. The van der Waals surface area contributed by atoms with Gasteiger partial charge < -0.3 is 15.3 Å². The molecule has 114 valence electrons. The summed E-state index contributed by atoms with van der Waals surface area (Å²) in [5.41, 5.74) is 2.17. The lowest BCUT2D eigenvalue weighted by atomic mass is 9.55. The largest absolute Gasteiger partial charge is 0.508 e. The molecule has 3 N–H and O–H groups in total. The van der Waals surface area contributed by atoms with Crippen LogP contribution in [0.2, 0.25) is 0 Å². The Bertz CT molecular complexity index is 570. The number of aliphatic hydroxyl groups excluding tert-OH is 2. The van der Waals surface area contributed by atoms with E-state index in [0.717, 1.165) is 37.7 Å². The van der Waals surface area contributed by atoms with Crippen LogP contribution in [-0.2, 0) is 0 Å². The summed E-state index contributed by atoms with van der Waals surface area (Å²) in [6, 6.07) is 5.47. The van der Waals surface area contributed by atoms with Gasteiger partial charge in [0.1, 0.15) is 5.75 Å². The molecule has 0 heterocycles. The van der Waals surface area contributed by atoms with Gasteiger partial charge in [-0.1, -0.05) is 13.0 Å². The van der Waals surface area contributed by atoms with E-state index in [1.165, 1.54) is 5.56 Å². The molecule has 3 nitrogen and oxygen atoms in total. The third-order valence-electron chi connectivity index (χ3n) is 6.71. The first-order valence-corrected chi connectivity index (χ1v) is 8.19. The van der Waals surface area contributed by atoms with Crippen molar-refractivity contribution in [2.24, 2.45) is 17.3 Å². The van der Waals surface area contributed by atoms with Crippen LogP contribution in [0.5, 0.6) is 5.75 Å². The highest BCUT2D eigenvalue weighted by molar-refractivity contribution is 5.41. The first-order valence-electron chi connectivity index (χ1n) is 8.19. The third-order valence-corrected chi connectivity index (χ3v) is 6.71. The molecule has 6 atom stereocenters. The van der Waals surface area contributed by atoms with Crippen LogP contribution in [0.4, 0.5) is 0 Å². The fourth-order valence-corrected chi connectivity index (χ4v) is 5.55. The molecule has 0 aliphatic heterocycles. The van der Waals surface area contributed by atoms with Gasteiger partial charge in [-0.25, -0.2) is 0 Å². The summed E-state index contributed by atoms with van der Waals surface area (Å²) in [6.45, 7) is 2.24. The zero-order valence-electron chi connectivity index (χ0n) is 12.5. The number of aliphatic hydroxyl groups is 2. The molecule has 0 spiro atoms. The molecule has 2 fully saturated rings. The molecule has 0 amide bonds. The lowest BCUT2D eigenvalue weighted by Crippen LogP contribution is -2.44. The lowest BCUT2D eigenvalue weighted by Gasteiger charge is -2.50. The highest BCUT2D eigenvalue weighted by Crippen LogP contribution is 2.62. The molecule has 3 aliphatic rings. The number of hydrogen-bond acceptors (Lipinski definition) is 3. The van der Waals surface area contributed by atoms with Gasteiger partial charge in [0.2, 0.25) is 0 Å². The van der Waals surface area contributed by atoms with Crippen LogP contribution in [0, 0.1) is 17.3 Å². The first-order chi connectivity index (χ1) is 10.0. The van der Waals surface area contributed by atoms with Gasteiger partial charge in [-0.2, -0.15) is 0 Å². The molecule has 0 unspecified atom stereocenters. The lowest BCUT2D eigenvalue weighted by molar-refractivity contribution is -0.0372. The van der Waals surface area contributed by atoms with E-state index in [1.54, 1.807) is 12.1 Å². The Hall–Kier alpha value is -1.06. The Balaban J connectivity index is 1.75. The van der Waals surface area contributed by atoms with Crippen molar-refractivity contribution in [3.05, 3.63) is 29.3 Å². The Kier molecular flexibility index (Phi) is 2.89. The van der Waals surface area contributed by atoms with Gasteiger partial charge in [0, 0.05) is 0 Å². The second kappa shape index (κ2) is 4.47. The fraction of sp³-hybridized carbons (Fsp3) is 0.667. The number of hydrogen-bond donors (Lipinski definition) is 3. The predicted octanol–water partition coefficient (Wildman–Crippen LogP) is 3.10. The number of phenols is 1. The first kappa shape index (κ1) is 13.6. The van der Waals surface area contributed by atoms with E-state index in [0.29, 0.717) is 17.8 Å². The number of benzene rings is 1. The summed E-state index contributed by atoms with van der Waals surface area (Å²) in [5.74, 6) is 1.70. The standard InChI is InChI=1S/C18H24O3/c1-18-7-6-12-11-3-2-10(19)8-14(11)16(20)9-13(12)15(18)4-5-17(18)21/h2-3,8,12-13,15-17,19-21H,4-7,9H2,1H3/t12-,13+,15+,16+,17+,18+/m1/s1. The average Bonchev–Trinajstić information content (AvgIpc) is 2.76. The molecule has 3 heteroatoms. The van der Waals surface area contributed by atoms with Crippen molar-refractivity contribution < 1.29 is 15.3 Å². The fourth-order valence-electron chi connectivity index (χ4n) is 5.55. The quantitative estimate of drug-likeness (QED) is 0.687. The maximum absolute atomic E-state index is 10.5. The van der Waals surface area contributed by atoms with E-state index in [4.69, 9.17) is 0 Å². The van der Waals surface area contributed by atoms with Gasteiger partial charge in [-0.15, -0.1) is 0 Å². The predicted molar refractivity (Wildman–Crippen MR) is 80.0 cm³/mol. The van der Waals surface area contributed by atoms with Gasteiger partial charge >= 0.3 is 0 Å². The van der Waals surface area contributed by atoms with Crippen molar-refractivity contribution in [2.45, 2.75) is 57.2 Å². The molecular weight excluding hydrogens is 264 g/mol. The van der Waals surface area contributed by atoms with Crippen LogP contribution >= 0.6 is 0 Å². The highest BCUT2D eigenvalue weighted by atomic mass is 16.3. The number of fused-ring (bicyclic) bond motifs is 5. The van der Waals surface area contributed by atoms with Crippen molar-refractivity contribution in [3.8, 4) is 5.75 Å². The summed E-state index contributed by atoms with van der Waals surface area (Å²) < 4.78 is 0. The van der Waals surface area contributed by atoms with E-state index >= 15 is 0 Å². The highest BCUT2D eigenvalue weighted by Gasteiger charge is 2.55. The molecule has 0 aromatic heterocycles. The second-order valence-electron chi connectivity index (χ2n) is 7.58. The van der Waals surface area contributed by atoms with Crippen LogP contribution in [0.1, 0.15) is 62.2 Å². The smallest absolute Gasteiger partial charge is 0.115 e. The molecule has 0 saturated heterocycles. The van der Waals surface area contributed by atoms with E-state index in [-0.39, 0.29) is 17.3 Å². The SMILES string of the molecule is C[C@]12CC[C@@H]3c4ccc(O)cc4[C@@H](O)C[C@@H]3[C@@H]1CC[C@@H]2O.